The normalized spacial score (nSPS) is 13.0. The van der Waals surface area contributed by atoms with Crippen molar-refractivity contribution in [1.82, 2.24) is 0 Å². The van der Waals surface area contributed by atoms with Crippen LogP contribution >= 0.6 is 11.6 Å². The number of carbonyl (C=O) groups excluding carboxylic acids is 2. The number of hydrogen-bond donors (Lipinski definition) is 1. The molecular formula is C25H23ClN2O2. The first-order valence-corrected chi connectivity index (χ1v) is 10.4. The summed E-state index contributed by atoms with van der Waals surface area (Å²) in [6, 6.07) is 18.6. The number of hydrogen-bond acceptors (Lipinski definition) is 2. The molecule has 30 heavy (non-hydrogen) atoms. The maximum absolute atomic E-state index is 13.1. The zero-order valence-corrected chi connectivity index (χ0v) is 17.8. The van der Waals surface area contributed by atoms with Gasteiger partial charge in [-0.25, -0.2) is 0 Å². The molecule has 3 aromatic carbocycles. The van der Waals surface area contributed by atoms with Gasteiger partial charge in [0.25, 0.3) is 11.8 Å². The third-order valence-corrected chi connectivity index (χ3v) is 5.65. The van der Waals surface area contributed by atoms with Crippen molar-refractivity contribution >= 4 is 34.8 Å². The number of benzene rings is 3. The zero-order chi connectivity index (χ0) is 21.3. The molecule has 0 fully saturated rings. The van der Waals surface area contributed by atoms with Crippen LogP contribution in [0.1, 0.15) is 43.8 Å². The third kappa shape index (κ3) is 4.10. The fourth-order valence-corrected chi connectivity index (χ4v) is 3.98. The summed E-state index contributed by atoms with van der Waals surface area (Å²) in [5.74, 6) is -0.197. The topological polar surface area (TPSA) is 49.4 Å². The molecule has 5 heteroatoms. The molecule has 0 aromatic heterocycles. The van der Waals surface area contributed by atoms with Crippen LogP contribution in [0.2, 0.25) is 5.02 Å². The van der Waals surface area contributed by atoms with Gasteiger partial charge in [0.05, 0.1) is 0 Å². The smallest absolute Gasteiger partial charge is 0.258 e. The third-order valence-electron chi connectivity index (χ3n) is 5.42. The fraction of sp³-hybridized carbons (Fsp3) is 0.200. The Hall–Kier alpha value is -3.11. The number of fused-ring (bicyclic) bond motifs is 1. The van der Waals surface area contributed by atoms with Crippen LogP contribution in [0.5, 0.6) is 0 Å². The van der Waals surface area contributed by atoms with E-state index in [1.165, 1.54) is 0 Å². The van der Waals surface area contributed by atoms with E-state index in [9.17, 15) is 9.59 Å². The summed E-state index contributed by atoms with van der Waals surface area (Å²) in [6.45, 7) is 4.58. The Labute approximate surface area is 181 Å². The van der Waals surface area contributed by atoms with Crippen LogP contribution in [0.15, 0.2) is 60.7 Å². The summed E-state index contributed by atoms with van der Waals surface area (Å²) in [7, 11) is 0. The van der Waals surface area contributed by atoms with Crippen molar-refractivity contribution < 1.29 is 9.59 Å². The van der Waals surface area contributed by atoms with E-state index >= 15 is 0 Å². The minimum absolute atomic E-state index is 0.00796. The highest BCUT2D eigenvalue weighted by Gasteiger charge is 2.24. The van der Waals surface area contributed by atoms with Gasteiger partial charge in [0.1, 0.15) is 0 Å². The van der Waals surface area contributed by atoms with Crippen molar-refractivity contribution in [2.75, 3.05) is 16.8 Å². The Morgan fingerprint density at radius 2 is 1.80 bits per heavy atom. The maximum atomic E-state index is 13.1. The van der Waals surface area contributed by atoms with Crippen LogP contribution < -0.4 is 10.2 Å². The molecule has 0 saturated carbocycles. The van der Waals surface area contributed by atoms with Gasteiger partial charge in [-0.05, 0) is 80.3 Å². The molecule has 2 amide bonds. The van der Waals surface area contributed by atoms with E-state index in [4.69, 9.17) is 11.6 Å². The lowest BCUT2D eigenvalue weighted by atomic mass is 9.98. The Balaban J connectivity index is 1.59. The molecule has 0 bridgehead atoms. The molecule has 1 aliphatic heterocycles. The van der Waals surface area contributed by atoms with Crippen molar-refractivity contribution in [2.24, 2.45) is 0 Å². The zero-order valence-electron chi connectivity index (χ0n) is 17.0. The minimum atomic E-state index is -0.190. The number of carbonyl (C=O) groups is 2. The van der Waals surface area contributed by atoms with Gasteiger partial charge in [0.2, 0.25) is 0 Å². The Kier molecular flexibility index (Phi) is 5.60. The first-order valence-electron chi connectivity index (χ1n) is 10.0. The molecule has 152 valence electrons. The van der Waals surface area contributed by atoms with E-state index in [0.717, 1.165) is 35.2 Å². The molecule has 0 atom stereocenters. The number of nitrogens with one attached hydrogen (secondary N) is 1. The average molecular weight is 419 g/mol. The quantitative estimate of drug-likeness (QED) is 0.584. The second kappa shape index (κ2) is 8.33. The average Bonchev–Trinajstić information content (AvgIpc) is 2.75. The van der Waals surface area contributed by atoms with E-state index in [1.807, 2.05) is 61.2 Å². The van der Waals surface area contributed by atoms with E-state index in [-0.39, 0.29) is 11.8 Å². The van der Waals surface area contributed by atoms with Crippen LogP contribution in [-0.2, 0) is 6.42 Å². The highest BCUT2D eigenvalue weighted by molar-refractivity contribution is 6.31. The van der Waals surface area contributed by atoms with Crippen molar-refractivity contribution in [3.63, 3.8) is 0 Å². The fourth-order valence-electron chi connectivity index (χ4n) is 3.81. The van der Waals surface area contributed by atoms with Crippen molar-refractivity contribution in [3.05, 3.63) is 93.5 Å². The Bertz CT molecular complexity index is 1140. The Morgan fingerprint density at radius 1 is 0.967 bits per heavy atom. The second-order valence-electron chi connectivity index (χ2n) is 7.69. The van der Waals surface area contributed by atoms with Crippen LogP contribution in [0.25, 0.3) is 0 Å². The van der Waals surface area contributed by atoms with Crippen LogP contribution in [0, 0.1) is 13.8 Å². The SMILES string of the molecule is Cc1cccc(C(=O)N2CCCc3cc(C(=O)Nc4cc(Cl)ccc4C)ccc32)c1. The lowest BCUT2D eigenvalue weighted by Crippen LogP contribution is -2.35. The summed E-state index contributed by atoms with van der Waals surface area (Å²) < 4.78 is 0. The van der Waals surface area contributed by atoms with Gasteiger partial charge in [-0.15, -0.1) is 0 Å². The van der Waals surface area contributed by atoms with Gasteiger partial charge in [-0.3, -0.25) is 9.59 Å². The molecule has 1 N–H and O–H groups in total. The lowest BCUT2D eigenvalue weighted by molar-refractivity contribution is 0.0984. The van der Waals surface area contributed by atoms with Crippen LogP contribution in [-0.4, -0.2) is 18.4 Å². The standard InChI is InChI=1S/C25H23ClN2O2/c1-16-5-3-6-20(13-16)25(30)28-12-4-7-18-14-19(9-11-23(18)28)24(29)27-22-15-21(26)10-8-17(22)2/h3,5-6,8-11,13-15H,4,7,12H2,1-2H3,(H,27,29). The molecule has 1 heterocycles. The lowest BCUT2D eigenvalue weighted by Gasteiger charge is -2.30. The molecule has 0 spiro atoms. The van der Waals surface area contributed by atoms with Gasteiger partial charge in [0.15, 0.2) is 0 Å². The molecular weight excluding hydrogens is 396 g/mol. The predicted molar refractivity (Wildman–Crippen MR) is 122 cm³/mol. The summed E-state index contributed by atoms with van der Waals surface area (Å²) >= 11 is 6.06. The van der Waals surface area contributed by atoms with Gasteiger partial charge in [0, 0.05) is 34.1 Å². The number of halogens is 1. The molecule has 3 aromatic rings. The van der Waals surface area contributed by atoms with Crippen molar-refractivity contribution in [3.8, 4) is 0 Å². The first-order chi connectivity index (χ1) is 14.4. The van der Waals surface area contributed by atoms with E-state index < -0.39 is 0 Å². The molecule has 0 aliphatic carbocycles. The van der Waals surface area contributed by atoms with Crippen LogP contribution in [0.3, 0.4) is 0 Å². The minimum Gasteiger partial charge on any atom is -0.322 e. The number of aryl methyl sites for hydroxylation is 3. The molecule has 4 rings (SSSR count). The maximum Gasteiger partial charge on any atom is 0.258 e. The first kappa shape index (κ1) is 20.2. The highest BCUT2D eigenvalue weighted by Crippen LogP contribution is 2.30. The number of nitrogens with zero attached hydrogens (tertiary/aromatic N) is 1. The molecule has 0 saturated heterocycles. The van der Waals surface area contributed by atoms with Gasteiger partial charge < -0.3 is 10.2 Å². The van der Waals surface area contributed by atoms with Crippen molar-refractivity contribution in [2.45, 2.75) is 26.7 Å². The summed E-state index contributed by atoms with van der Waals surface area (Å²) in [4.78, 5) is 27.7. The summed E-state index contributed by atoms with van der Waals surface area (Å²) in [6.07, 6.45) is 1.70. The summed E-state index contributed by atoms with van der Waals surface area (Å²) in [5.41, 5.74) is 5.84. The van der Waals surface area contributed by atoms with E-state index in [1.54, 1.807) is 18.2 Å². The molecule has 1 aliphatic rings. The van der Waals surface area contributed by atoms with Gasteiger partial charge >= 0.3 is 0 Å². The Morgan fingerprint density at radius 3 is 2.60 bits per heavy atom. The number of amides is 2. The van der Waals surface area contributed by atoms with E-state index in [2.05, 4.69) is 5.32 Å². The monoisotopic (exact) mass is 418 g/mol. The molecule has 0 unspecified atom stereocenters. The number of anilines is 2. The largest absolute Gasteiger partial charge is 0.322 e. The highest BCUT2D eigenvalue weighted by atomic mass is 35.5. The molecule has 0 radical (unpaired) electrons. The van der Waals surface area contributed by atoms with Gasteiger partial charge in [-0.1, -0.05) is 35.4 Å². The van der Waals surface area contributed by atoms with Crippen molar-refractivity contribution in [1.29, 1.82) is 0 Å². The predicted octanol–water partition coefficient (Wildman–Crippen LogP) is 5.80. The van der Waals surface area contributed by atoms with E-state index in [0.29, 0.717) is 28.4 Å². The number of rotatable bonds is 3. The van der Waals surface area contributed by atoms with Gasteiger partial charge in [-0.2, -0.15) is 0 Å². The summed E-state index contributed by atoms with van der Waals surface area (Å²) in [5, 5.41) is 3.51. The van der Waals surface area contributed by atoms with Crippen LogP contribution in [0.4, 0.5) is 11.4 Å². The second-order valence-corrected chi connectivity index (χ2v) is 8.12. The molecule has 4 nitrogen and oxygen atoms in total.